The smallest absolute Gasteiger partial charge is 0.304 e. The number of carboxylic acids is 1. The molecule has 0 aliphatic rings. The Hall–Kier alpha value is -1.42. The first kappa shape index (κ1) is 15.6. The van der Waals surface area contributed by atoms with Gasteiger partial charge in [-0.2, -0.15) is 0 Å². The molecule has 0 saturated heterocycles. The molecule has 0 spiro atoms. The van der Waals surface area contributed by atoms with E-state index < -0.39 is 5.97 Å². The molecule has 0 saturated carbocycles. The fraction of sp³-hybridized carbons (Fsp3) is 0.533. The van der Waals surface area contributed by atoms with Crippen molar-refractivity contribution in [2.75, 3.05) is 0 Å². The molecule has 0 fully saturated rings. The zero-order valence-corrected chi connectivity index (χ0v) is 11.3. The Morgan fingerprint density at radius 1 is 1.42 bits per heavy atom. The molecule has 3 nitrogen and oxygen atoms in total. The van der Waals surface area contributed by atoms with Crippen molar-refractivity contribution >= 4 is 5.97 Å². The molecule has 0 bridgehead atoms. The third-order valence-corrected chi connectivity index (χ3v) is 3.24. The van der Waals surface area contributed by atoms with Gasteiger partial charge in [0.1, 0.15) is 5.82 Å². The molecule has 4 heteroatoms. The Balaban J connectivity index is 2.25. The van der Waals surface area contributed by atoms with Crippen LogP contribution in [0.2, 0.25) is 0 Å². The topological polar surface area (TPSA) is 63.3 Å². The van der Waals surface area contributed by atoms with Crippen LogP contribution in [-0.4, -0.2) is 17.1 Å². The van der Waals surface area contributed by atoms with Crippen LogP contribution in [0.4, 0.5) is 4.39 Å². The zero-order chi connectivity index (χ0) is 14.3. The number of halogens is 1. The van der Waals surface area contributed by atoms with Gasteiger partial charge in [0.05, 0.1) is 6.42 Å². The molecule has 1 aromatic rings. The molecule has 0 aliphatic heterocycles. The fourth-order valence-corrected chi connectivity index (χ4v) is 2.28. The number of nitrogens with two attached hydrogens (primary N) is 1. The van der Waals surface area contributed by atoms with Crippen molar-refractivity contribution in [2.45, 2.75) is 45.1 Å². The third kappa shape index (κ3) is 6.34. The summed E-state index contributed by atoms with van der Waals surface area (Å²) < 4.78 is 13.4. The first-order chi connectivity index (χ1) is 8.99. The molecule has 1 aromatic carbocycles. The normalized spacial score (nSPS) is 14.1. The molecule has 106 valence electrons. The van der Waals surface area contributed by atoms with Gasteiger partial charge in [0.25, 0.3) is 0 Å². The lowest BCUT2D eigenvalue weighted by atomic mass is 9.94. The fourth-order valence-electron chi connectivity index (χ4n) is 2.28. The highest BCUT2D eigenvalue weighted by molar-refractivity contribution is 5.67. The Kier molecular flexibility index (Phi) is 6.50. The minimum Gasteiger partial charge on any atom is -0.481 e. The molecule has 0 radical (unpaired) electrons. The highest BCUT2D eigenvalue weighted by Gasteiger charge is 2.12. The second-order valence-electron chi connectivity index (χ2n) is 5.18. The standard InChI is InChI=1S/C15H22FNO2/c1-11(9-13(17)10-15(18)19)5-4-7-12-6-2-3-8-14(12)16/h2-3,6,8,11,13H,4-5,7,9-10,17H2,1H3,(H,18,19)/t11-,13-/m0/s1. The average Bonchev–Trinajstić information content (AvgIpc) is 2.30. The van der Waals surface area contributed by atoms with Crippen LogP contribution in [0.25, 0.3) is 0 Å². The van der Waals surface area contributed by atoms with E-state index in [-0.39, 0.29) is 18.3 Å². The van der Waals surface area contributed by atoms with E-state index in [2.05, 4.69) is 6.92 Å². The summed E-state index contributed by atoms with van der Waals surface area (Å²) in [6.07, 6.45) is 3.25. The van der Waals surface area contributed by atoms with Crippen molar-refractivity contribution < 1.29 is 14.3 Å². The van der Waals surface area contributed by atoms with Crippen LogP contribution < -0.4 is 5.73 Å². The number of hydrogen-bond acceptors (Lipinski definition) is 2. The number of carbonyl (C=O) groups is 1. The summed E-state index contributed by atoms with van der Waals surface area (Å²) in [5.41, 5.74) is 6.48. The molecular weight excluding hydrogens is 245 g/mol. The summed E-state index contributed by atoms with van der Waals surface area (Å²) in [7, 11) is 0. The van der Waals surface area contributed by atoms with E-state index >= 15 is 0 Å². The molecule has 0 aromatic heterocycles. The van der Waals surface area contributed by atoms with Gasteiger partial charge in [-0.25, -0.2) is 4.39 Å². The van der Waals surface area contributed by atoms with Crippen LogP contribution >= 0.6 is 0 Å². The van der Waals surface area contributed by atoms with Crippen LogP contribution in [0.5, 0.6) is 0 Å². The van der Waals surface area contributed by atoms with Gasteiger partial charge in [0, 0.05) is 6.04 Å². The minimum atomic E-state index is -0.856. The van der Waals surface area contributed by atoms with Gasteiger partial charge in [-0.05, 0) is 36.8 Å². The third-order valence-electron chi connectivity index (χ3n) is 3.24. The van der Waals surface area contributed by atoms with E-state index in [0.29, 0.717) is 18.8 Å². The number of carboxylic acid groups (broad SMARTS) is 1. The molecule has 0 unspecified atom stereocenters. The van der Waals surface area contributed by atoms with Gasteiger partial charge in [0.2, 0.25) is 0 Å². The van der Waals surface area contributed by atoms with Crippen molar-refractivity contribution in [3.05, 3.63) is 35.6 Å². The summed E-state index contributed by atoms with van der Waals surface area (Å²) in [5, 5.41) is 8.63. The number of rotatable bonds is 8. The molecule has 1 rings (SSSR count). The van der Waals surface area contributed by atoms with Crippen LogP contribution in [-0.2, 0) is 11.2 Å². The minimum absolute atomic E-state index is 0.0116. The molecule has 2 atom stereocenters. The second kappa shape index (κ2) is 7.89. The van der Waals surface area contributed by atoms with Crippen LogP contribution in [0.3, 0.4) is 0 Å². The van der Waals surface area contributed by atoms with E-state index in [9.17, 15) is 9.18 Å². The van der Waals surface area contributed by atoms with Gasteiger partial charge in [-0.15, -0.1) is 0 Å². The van der Waals surface area contributed by atoms with Crippen LogP contribution in [0.15, 0.2) is 24.3 Å². The van der Waals surface area contributed by atoms with Crippen molar-refractivity contribution in [3.8, 4) is 0 Å². The van der Waals surface area contributed by atoms with Crippen molar-refractivity contribution in [3.63, 3.8) is 0 Å². The summed E-state index contributed by atoms with van der Waals surface area (Å²) in [5.74, 6) is -0.648. The Labute approximate surface area is 113 Å². The quantitative estimate of drug-likeness (QED) is 0.761. The maximum atomic E-state index is 13.4. The summed E-state index contributed by atoms with van der Waals surface area (Å²) in [6, 6.07) is 6.51. The Morgan fingerprint density at radius 2 is 2.11 bits per heavy atom. The van der Waals surface area contributed by atoms with E-state index in [1.54, 1.807) is 12.1 Å². The molecular formula is C15H22FNO2. The second-order valence-corrected chi connectivity index (χ2v) is 5.18. The lowest BCUT2D eigenvalue weighted by molar-refractivity contribution is -0.137. The highest BCUT2D eigenvalue weighted by Crippen LogP contribution is 2.17. The van der Waals surface area contributed by atoms with Gasteiger partial charge in [0.15, 0.2) is 0 Å². The number of benzene rings is 1. The predicted molar refractivity (Wildman–Crippen MR) is 73.3 cm³/mol. The predicted octanol–water partition coefficient (Wildman–Crippen LogP) is 2.98. The van der Waals surface area contributed by atoms with Gasteiger partial charge < -0.3 is 10.8 Å². The van der Waals surface area contributed by atoms with Crippen molar-refractivity contribution in [1.82, 2.24) is 0 Å². The molecule has 0 heterocycles. The van der Waals surface area contributed by atoms with E-state index in [4.69, 9.17) is 10.8 Å². The first-order valence-corrected chi connectivity index (χ1v) is 6.69. The Morgan fingerprint density at radius 3 is 2.74 bits per heavy atom. The van der Waals surface area contributed by atoms with Crippen molar-refractivity contribution in [1.29, 1.82) is 0 Å². The van der Waals surface area contributed by atoms with Gasteiger partial charge in [-0.3, -0.25) is 4.79 Å². The molecule has 19 heavy (non-hydrogen) atoms. The summed E-state index contributed by atoms with van der Waals surface area (Å²) in [6.45, 7) is 2.06. The average molecular weight is 267 g/mol. The van der Waals surface area contributed by atoms with Crippen LogP contribution in [0, 0.1) is 11.7 Å². The van der Waals surface area contributed by atoms with E-state index in [0.717, 1.165) is 18.4 Å². The molecule has 3 N–H and O–H groups in total. The SMILES string of the molecule is C[C@@H](CCCc1ccccc1F)C[C@H](N)CC(=O)O. The maximum absolute atomic E-state index is 13.4. The Bertz CT molecular complexity index is 409. The highest BCUT2D eigenvalue weighted by atomic mass is 19.1. The number of aliphatic carboxylic acids is 1. The van der Waals surface area contributed by atoms with E-state index in [1.807, 2.05) is 6.07 Å². The van der Waals surface area contributed by atoms with Crippen molar-refractivity contribution in [2.24, 2.45) is 11.7 Å². The maximum Gasteiger partial charge on any atom is 0.304 e. The lowest BCUT2D eigenvalue weighted by Crippen LogP contribution is -2.26. The van der Waals surface area contributed by atoms with Gasteiger partial charge >= 0.3 is 5.97 Å². The van der Waals surface area contributed by atoms with E-state index in [1.165, 1.54) is 6.07 Å². The molecule has 0 amide bonds. The van der Waals surface area contributed by atoms with Gasteiger partial charge in [-0.1, -0.05) is 31.5 Å². The van der Waals surface area contributed by atoms with Crippen LogP contribution in [0.1, 0.15) is 38.2 Å². The molecule has 0 aliphatic carbocycles. The number of hydrogen-bond donors (Lipinski definition) is 2. The lowest BCUT2D eigenvalue weighted by Gasteiger charge is -2.15. The largest absolute Gasteiger partial charge is 0.481 e. The zero-order valence-electron chi connectivity index (χ0n) is 11.3. The summed E-state index contributed by atoms with van der Waals surface area (Å²) >= 11 is 0. The monoisotopic (exact) mass is 267 g/mol. The first-order valence-electron chi connectivity index (χ1n) is 6.69. The summed E-state index contributed by atoms with van der Waals surface area (Å²) in [4.78, 5) is 10.5. The number of aryl methyl sites for hydroxylation is 1.